The van der Waals surface area contributed by atoms with Gasteiger partial charge in [0, 0.05) is 24.2 Å². The Bertz CT molecular complexity index is 429. The van der Waals surface area contributed by atoms with E-state index in [0.29, 0.717) is 28.7 Å². The summed E-state index contributed by atoms with van der Waals surface area (Å²) in [5.41, 5.74) is 6.27. The molecule has 0 radical (unpaired) electrons. The molecular formula is C12H14Cl2N2O. The van der Waals surface area contributed by atoms with Crippen LogP contribution in [-0.2, 0) is 0 Å². The van der Waals surface area contributed by atoms with Gasteiger partial charge in [-0.3, -0.25) is 4.79 Å². The molecule has 0 unspecified atom stereocenters. The van der Waals surface area contributed by atoms with Crippen LogP contribution >= 0.6 is 23.2 Å². The van der Waals surface area contributed by atoms with Crippen molar-refractivity contribution in [3.63, 3.8) is 0 Å². The van der Waals surface area contributed by atoms with E-state index in [0.717, 1.165) is 12.8 Å². The molecule has 0 aromatic heterocycles. The van der Waals surface area contributed by atoms with Gasteiger partial charge in [0.2, 0.25) is 0 Å². The molecule has 1 aromatic carbocycles. The van der Waals surface area contributed by atoms with Crippen molar-refractivity contribution in [2.24, 2.45) is 5.73 Å². The summed E-state index contributed by atoms with van der Waals surface area (Å²) in [5.74, 6) is -0.0654. The van der Waals surface area contributed by atoms with Gasteiger partial charge in [-0.1, -0.05) is 23.2 Å². The molecule has 0 aliphatic carbocycles. The van der Waals surface area contributed by atoms with Gasteiger partial charge in [-0.2, -0.15) is 0 Å². The van der Waals surface area contributed by atoms with Crippen molar-refractivity contribution in [3.05, 3.63) is 33.8 Å². The first kappa shape index (κ1) is 12.7. The molecule has 1 saturated heterocycles. The zero-order valence-electron chi connectivity index (χ0n) is 9.33. The minimum atomic E-state index is -0.0654. The fraction of sp³-hybridized carbons (Fsp3) is 0.417. The lowest BCUT2D eigenvalue weighted by Gasteiger charge is -2.30. The van der Waals surface area contributed by atoms with Crippen LogP contribution in [0.2, 0.25) is 10.0 Å². The summed E-state index contributed by atoms with van der Waals surface area (Å²) in [7, 11) is 0. The Morgan fingerprint density at radius 2 is 1.94 bits per heavy atom. The Morgan fingerprint density at radius 1 is 1.29 bits per heavy atom. The van der Waals surface area contributed by atoms with Crippen molar-refractivity contribution >= 4 is 29.1 Å². The van der Waals surface area contributed by atoms with Gasteiger partial charge < -0.3 is 10.6 Å². The molecule has 1 aromatic rings. The van der Waals surface area contributed by atoms with E-state index in [4.69, 9.17) is 28.9 Å². The lowest BCUT2D eigenvalue weighted by molar-refractivity contribution is 0.0715. The van der Waals surface area contributed by atoms with E-state index in [-0.39, 0.29) is 11.9 Å². The van der Waals surface area contributed by atoms with Gasteiger partial charge in [0.1, 0.15) is 0 Å². The van der Waals surface area contributed by atoms with Crippen LogP contribution in [0.1, 0.15) is 23.2 Å². The number of hydrogen-bond acceptors (Lipinski definition) is 2. The SMILES string of the molecule is NC1CCN(C(=O)c2cc(Cl)ccc2Cl)CC1. The first-order chi connectivity index (χ1) is 8.08. The van der Waals surface area contributed by atoms with Crippen molar-refractivity contribution in [1.29, 1.82) is 0 Å². The van der Waals surface area contributed by atoms with E-state index in [9.17, 15) is 4.79 Å². The van der Waals surface area contributed by atoms with Crippen molar-refractivity contribution in [2.75, 3.05) is 13.1 Å². The van der Waals surface area contributed by atoms with Crippen molar-refractivity contribution in [2.45, 2.75) is 18.9 Å². The number of piperidine rings is 1. The molecule has 17 heavy (non-hydrogen) atoms. The number of benzene rings is 1. The van der Waals surface area contributed by atoms with Crippen molar-refractivity contribution in [1.82, 2.24) is 4.90 Å². The molecule has 2 rings (SSSR count). The Morgan fingerprint density at radius 3 is 2.59 bits per heavy atom. The van der Waals surface area contributed by atoms with Crippen LogP contribution in [0.5, 0.6) is 0 Å². The van der Waals surface area contributed by atoms with E-state index in [1.165, 1.54) is 0 Å². The summed E-state index contributed by atoms with van der Waals surface area (Å²) in [6.45, 7) is 1.37. The van der Waals surface area contributed by atoms with E-state index < -0.39 is 0 Å². The number of halogens is 2. The van der Waals surface area contributed by atoms with Crippen molar-refractivity contribution < 1.29 is 4.79 Å². The van der Waals surface area contributed by atoms with Crippen molar-refractivity contribution in [3.8, 4) is 0 Å². The maximum atomic E-state index is 12.2. The van der Waals surface area contributed by atoms with Crippen LogP contribution in [0.4, 0.5) is 0 Å². The normalized spacial score (nSPS) is 17.2. The van der Waals surface area contributed by atoms with Gasteiger partial charge in [0.15, 0.2) is 0 Å². The Kier molecular flexibility index (Phi) is 3.92. The highest BCUT2D eigenvalue weighted by Crippen LogP contribution is 2.23. The zero-order chi connectivity index (χ0) is 12.4. The number of carbonyl (C=O) groups excluding carboxylic acids is 1. The lowest BCUT2D eigenvalue weighted by Crippen LogP contribution is -2.42. The van der Waals surface area contributed by atoms with Crippen LogP contribution in [-0.4, -0.2) is 29.9 Å². The topological polar surface area (TPSA) is 46.3 Å². The van der Waals surface area contributed by atoms with Crippen LogP contribution in [0.25, 0.3) is 0 Å². The number of hydrogen-bond donors (Lipinski definition) is 1. The molecular weight excluding hydrogens is 259 g/mol. The Balaban J connectivity index is 2.16. The highest BCUT2D eigenvalue weighted by Gasteiger charge is 2.23. The molecule has 0 saturated carbocycles. The average Bonchev–Trinajstić information content (AvgIpc) is 2.32. The Hall–Kier alpha value is -0.770. The molecule has 92 valence electrons. The lowest BCUT2D eigenvalue weighted by atomic mass is 10.0. The van der Waals surface area contributed by atoms with E-state index in [1.807, 2.05) is 0 Å². The van der Waals surface area contributed by atoms with Crippen LogP contribution < -0.4 is 5.73 Å². The predicted octanol–water partition coefficient (Wildman–Crippen LogP) is 2.56. The number of nitrogens with zero attached hydrogens (tertiary/aromatic N) is 1. The molecule has 1 heterocycles. The van der Waals surface area contributed by atoms with E-state index >= 15 is 0 Å². The van der Waals surface area contributed by atoms with E-state index in [2.05, 4.69) is 0 Å². The maximum Gasteiger partial charge on any atom is 0.255 e. The minimum absolute atomic E-state index is 0.0654. The van der Waals surface area contributed by atoms with Gasteiger partial charge in [-0.25, -0.2) is 0 Å². The molecule has 0 bridgehead atoms. The molecule has 0 spiro atoms. The molecule has 1 amide bonds. The second kappa shape index (κ2) is 5.25. The van der Waals surface area contributed by atoms with Gasteiger partial charge in [0.05, 0.1) is 10.6 Å². The standard InChI is InChI=1S/C12H14Cl2N2O/c13-8-1-2-11(14)10(7-8)12(17)16-5-3-9(15)4-6-16/h1-2,7,9H,3-6,15H2. The number of likely N-dealkylation sites (tertiary alicyclic amines) is 1. The molecule has 5 heteroatoms. The third-order valence-electron chi connectivity index (χ3n) is 2.99. The highest BCUT2D eigenvalue weighted by molar-refractivity contribution is 6.35. The Labute approximate surface area is 110 Å². The largest absolute Gasteiger partial charge is 0.338 e. The fourth-order valence-electron chi connectivity index (χ4n) is 1.93. The first-order valence-electron chi connectivity index (χ1n) is 5.58. The maximum absolute atomic E-state index is 12.2. The molecule has 3 nitrogen and oxygen atoms in total. The molecule has 1 aliphatic rings. The van der Waals surface area contributed by atoms with Gasteiger partial charge in [0.25, 0.3) is 5.91 Å². The molecule has 1 fully saturated rings. The summed E-state index contributed by atoms with van der Waals surface area (Å²) < 4.78 is 0. The van der Waals surface area contributed by atoms with Crippen LogP contribution in [0, 0.1) is 0 Å². The first-order valence-corrected chi connectivity index (χ1v) is 6.33. The van der Waals surface area contributed by atoms with Crippen LogP contribution in [0.3, 0.4) is 0 Å². The molecule has 0 atom stereocenters. The predicted molar refractivity (Wildman–Crippen MR) is 69.6 cm³/mol. The van der Waals surface area contributed by atoms with E-state index in [1.54, 1.807) is 23.1 Å². The zero-order valence-corrected chi connectivity index (χ0v) is 10.8. The third-order valence-corrected chi connectivity index (χ3v) is 3.55. The van der Waals surface area contributed by atoms with Gasteiger partial charge >= 0.3 is 0 Å². The minimum Gasteiger partial charge on any atom is -0.338 e. The smallest absolute Gasteiger partial charge is 0.255 e. The quantitative estimate of drug-likeness (QED) is 0.854. The molecule has 2 N–H and O–H groups in total. The average molecular weight is 273 g/mol. The summed E-state index contributed by atoms with van der Waals surface area (Å²) in [5, 5.41) is 0.959. The number of nitrogens with two attached hydrogens (primary N) is 1. The second-order valence-electron chi connectivity index (χ2n) is 4.25. The van der Waals surface area contributed by atoms with Crippen LogP contribution in [0.15, 0.2) is 18.2 Å². The summed E-state index contributed by atoms with van der Waals surface area (Å²) in [4.78, 5) is 14.0. The third kappa shape index (κ3) is 2.92. The van der Waals surface area contributed by atoms with Gasteiger partial charge in [-0.15, -0.1) is 0 Å². The number of amides is 1. The summed E-state index contributed by atoms with van der Waals surface area (Å²) in [6.07, 6.45) is 1.67. The van der Waals surface area contributed by atoms with Gasteiger partial charge in [-0.05, 0) is 31.0 Å². The number of rotatable bonds is 1. The highest BCUT2D eigenvalue weighted by atomic mass is 35.5. The summed E-state index contributed by atoms with van der Waals surface area (Å²) in [6, 6.07) is 5.13. The summed E-state index contributed by atoms with van der Waals surface area (Å²) >= 11 is 11.9. The second-order valence-corrected chi connectivity index (χ2v) is 5.10. The number of carbonyl (C=O) groups is 1. The molecule has 1 aliphatic heterocycles. The monoisotopic (exact) mass is 272 g/mol. The fourth-order valence-corrected chi connectivity index (χ4v) is 2.30.